The Morgan fingerprint density at radius 2 is 1.70 bits per heavy atom. The number of rotatable bonds is 4. The Kier molecular flexibility index (Phi) is 5.18. The van der Waals surface area contributed by atoms with Crippen LogP contribution in [-0.4, -0.2) is 7.05 Å². The summed E-state index contributed by atoms with van der Waals surface area (Å²) in [7, 11) is 1.90. The van der Waals surface area contributed by atoms with Crippen LogP contribution in [0, 0.1) is 11.6 Å². The lowest BCUT2D eigenvalue weighted by atomic mass is 10.1. The lowest BCUT2D eigenvalue weighted by Crippen LogP contribution is -2.12. The molecule has 0 amide bonds. The van der Waals surface area contributed by atoms with E-state index in [0.29, 0.717) is 4.90 Å². The van der Waals surface area contributed by atoms with E-state index in [2.05, 4.69) is 28.2 Å². The number of hydrogen-bond acceptors (Lipinski definition) is 2. The van der Waals surface area contributed by atoms with Crippen molar-refractivity contribution in [3.05, 3.63) is 58.1 Å². The zero-order chi connectivity index (χ0) is 14.7. The van der Waals surface area contributed by atoms with Crippen LogP contribution < -0.4 is 5.32 Å². The van der Waals surface area contributed by atoms with Crippen LogP contribution in [-0.2, 0) is 0 Å². The van der Waals surface area contributed by atoms with Crippen LogP contribution in [0.25, 0.3) is 0 Å². The van der Waals surface area contributed by atoms with E-state index in [1.807, 2.05) is 25.2 Å². The van der Waals surface area contributed by atoms with Crippen molar-refractivity contribution in [2.45, 2.75) is 22.8 Å². The molecule has 1 atom stereocenters. The fourth-order valence-corrected chi connectivity index (χ4v) is 3.51. The molecule has 0 aliphatic heterocycles. The van der Waals surface area contributed by atoms with Crippen LogP contribution in [0.3, 0.4) is 0 Å². The van der Waals surface area contributed by atoms with Gasteiger partial charge in [-0.25, -0.2) is 8.78 Å². The Labute approximate surface area is 129 Å². The van der Waals surface area contributed by atoms with Gasteiger partial charge in [0.05, 0.1) is 0 Å². The third-order valence-corrected chi connectivity index (χ3v) is 4.66. The van der Waals surface area contributed by atoms with Gasteiger partial charge in [0.2, 0.25) is 0 Å². The quantitative estimate of drug-likeness (QED) is 0.810. The highest BCUT2D eigenvalue weighted by atomic mass is 79.9. The zero-order valence-electron chi connectivity index (χ0n) is 11.1. The zero-order valence-corrected chi connectivity index (χ0v) is 13.5. The summed E-state index contributed by atoms with van der Waals surface area (Å²) < 4.78 is 27.0. The van der Waals surface area contributed by atoms with Crippen molar-refractivity contribution in [1.82, 2.24) is 5.32 Å². The molecule has 2 aromatic carbocycles. The van der Waals surface area contributed by atoms with Gasteiger partial charge in [0.1, 0.15) is 0 Å². The Bertz CT molecular complexity index is 619. The largest absolute Gasteiger partial charge is 0.313 e. The molecule has 1 nitrogen and oxygen atoms in total. The van der Waals surface area contributed by atoms with E-state index in [4.69, 9.17) is 0 Å². The van der Waals surface area contributed by atoms with Gasteiger partial charge in [0.25, 0.3) is 0 Å². The first-order valence-corrected chi connectivity index (χ1v) is 7.72. The maximum Gasteiger partial charge on any atom is 0.159 e. The highest BCUT2D eigenvalue weighted by molar-refractivity contribution is 9.10. The predicted octanol–water partition coefficient (Wildman–Crippen LogP) is 5.16. The molecule has 0 aromatic heterocycles. The van der Waals surface area contributed by atoms with E-state index < -0.39 is 11.6 Å². The first kappa shape index (κ1) is 15.5. The van der Waals surface area contributed by atoms with Gasteiger partial charge < -0.3 is 5.32 Å². The molecule has 106 valence electrons. The van der Waals surface area contributed by atoms with Crippen LogP contribution in [0.15, 0.2) is 50.7 Å². The Hall–Kier alpha value is -0.910. The van der Waals surface area contributed by atoms with Gasteiger partial charge >= 0.3 is 0 Å². The molecule has 0 bridgehead atoms. The number of hydrogen-bond donors (Lipinski definition) is 1. The maximum atomic E-state index is 13.2. The molecular formula is C15H14BrF2NS. The standard InChI is InChI=1S/C15H14BrF2NS/c1-9(19-2)12-5-3-10(7-13(12)16)20-11-4-6-14(17)15(18)8-11/h3-9,19H,1-2H3. The minimum absolute atomic E-state index is 0.242. The van der Waals surface area contributed by atoms with E-state index in [1.54, 1.807) is 6.07 Å². The van der Waals surface area contributed by atoms with Crippen LogP contribution in [0.4, 0.5) is 8.78 Å². The van der Waals surface area contributed by atoms with Gasteiger partial charge in [-0.1, -0.05) is 33.8 Å². The molecule has 0 radical (unpaired) electrons. The summed E-state index contributed by atoms with van der Waals surface area (Å²) in [6, 6.07) is 10.1. The van der Waals surface area contributed by atoms with Crippen molar-refractivity contribution >= 4 is 27.7 Å². The smallest absolute Gasteiger partial charge is 0.159 e. The van der Waals surface area contributed by atoms with E-state index in [-0.39, 0.29) is 6.04 Å². The summed E-state index contributed by atoms with van der Waals surface area (Å²) in [5.41, 5.74) is 1.15. The minimum Gasteiger partial charge on any atom is -0.313 e. The summed E-state index contributed by atoms with van der Waals surface area (Å²) in [5, 5.41) is 3.18. The first-order valence-electron chi connectivity index (χ1n) is 6.11. The Balaban J connectivity index is 2.22. The molecule has 0 spiro atoms. The normalized spacial score (nSPS) is 12.4. The molecule has 1 N–H and O–H groups in total. The first-order chi connectivity index (χ1) is 9.51. The second-order valence-corrected chi connectivity index (χ2v) is 6.37. The average molecular weight is 358 g/mol. The van der Waals surface area contributed by atoms with Crippen molar-refractivity contribution in [2.24, 2.45) is 0 Å². The lowest BCUT2D eigenvalue weighted by molar-refractivity contribution is 0.506. The van der Waals surface area contributed by atoms with Crippen LogP contribution in [0.2, 0.25) is 0 Å². The van der Waals surface area contributed by atoms with E-state index >= 15 is 0 Å². The summed E-state index contributed by atoms with van der Waals surface area (Å²) in [4.78, 5) is 1.64. The van der Waals surface area contributed by atoms with Gasteiger partial charge in [-0.3, -0.25) is 0 Å². The maximum absolute atomic E-state index is 13.2. The van der Waals surface area contributed by atoms with Crippen molar-refractivity contribution in [3.63, 3.8) is 0 Å². The number of benzene rings is 2. The van der Waals surface area contributed by atoms with E-state index in [1.165, 1.54) is 17.8 Å². The molecule has 5 heteroatoms. The van der Waals surface area contributed by atoms with E-state index in [0.717, 1.165) is 21.0 Å². The molecule has 0 aliphatic carbocycles. The van der Waals surface area contributed by atoms with Crippen LogP contribution in [0.1, 0.15) is 18.5 Å². The van der Waals surface area contributed by atoms with Crippen LogP contribution >= 0.6 is 27.7 Å². The molecule has 0 fully saturated rings. The third kappa shape index (κ3) is 3.59. The van der Waals surface area contributed by atoms with Crippen molar-refractivity contribution < 1.29 is 8.78 Å². The van der Waals surface area contributed by atoms with Gasteiger partial charge in [-0.2, -0.15) is 0 Å². The Morgan fingerprint density at radius 3 is 2.30 bits per heavy atom. The molecule has 2 aromatic rings. The molecular weight excluding hydrogens is 344 g/mol. The second kappa shape index (κ2) is 6.70. The topological polar surface area (TPSA) is 12.0 Å². The SMILES string of the molecule is CNC(C)c1ccc(Sc2ccc(F)c(F)c2)cc1Br. The Morgan fingerprint density at radius 1 is 1.05 bits per heavy atom. The molecule has 0 heterocycles. The van der Waals surface area contributed by atoms with Gasteiger partial charge in [-0.15, -0.1) is 0 Å². The number of nitrogens with one attached hydrogen (secondary N) is 1. The summed E-state index contributed by atoms with van der Waals surface area (Å²) >= 11 is 4.94. The van der Waals surface area contributed by atoms with Crippen molar-refractivity contribution in [1.29, 1.82) is 0 Å². The van der Waals surface area contributed by atoms with Crippen molar-refractivity contribution in [3.8, 4) is 0 Å². The highest BCUT2D eigenvalue weighted by Crippen LogP contribution is 2.33. The second-order valence-electron chi connectivity index (χ2n) is 4.37. The fraction of sp³-hybridized carbons (Fsp3) is 0.200. The average Bonchev–Trinajstić information content (AvgIpc) is 2.42. The third-order valence-electron chi connectivity index (χ3n) is 3.00. The summed E-state index contributed by atoms with van der Waals surface area (Å²) in [6.45, 7) is 2.07. The fourth-order valence-electron chi connectivity index (χ4n) is 1.75. The van der Waals surface area contributed by atoms with Crippen LogP contribution in [0.5, 0.6) is 0 Å². The van der Waals surface area contributed by atoms with Gasteiger partial charge in [0.15, 0.2) is 11.6 Å². The van der Waals surface area contributed by atoms with E-state index in [9.17, 15) is 8.78 Å². The summed E-state index contributed by atoms with van der Waals surface area (Å²) in [6.07, 6.45) is 0. The molecule has 0 aliphatic rings. The molecule has 0 saturated carbocycles. The molecule has 20 heavy (non-hydrogen) atoms. The predicted molar refractivity (Wildman–Crippen MR) is 82.1 cm³/mol. The molecule has 1 unspecified atom stereocenters. The number of halogens is 3. The van der Waals surface area contributed by atoms with Gasteiger partial charge in [0, 0.05) is 20.3 Å². The van der Waals surface area contributed by atoms with Gasteiger partial charge in [-0.05, 0) is 49.9 Å². The minimum atomic E-state index is -0.825. The molecule has 2 rings (SSSR count). The summed E-state index contributed by atoms with van der Waals surface area (Å²) in [5.74, 6) is -1.65. The molecule has 0 saturated heterocycles. The monoisotopic (exact) mass is 357 g/mol. The van der Waals surface area contributed by atoms with Crippen molar-refractivity contribution in [2.75, 3.05) is 7.05 Å². The highest BCUT2D eigenvalue weighted by Gasteiger charge is 2.09. The lowest BCUT2D eigenvalue weighted by Gasteiger charge is -2.13.